The molecule has 3 N–H and O–H groups in total. The number of rotatable bonds is 6. The SMILES string of the molecule is CC(C)(C)N(NC(=O)c1ccccc1)C(=O)c1cccs1.Cc1ccc(C(=O)NN(C(=O)c2cc(Cl)sc2Cl)C(C)(C)C)cc1.Cc1ccc(C(=O)NN(C(=O)c2cccs2)C(C)(C)C)cc1. The van der Waals surface area contributed by atoms with Crippen molar-refractivity contribution in [2.24, 2.45) is 0 Å². The molecule has 0 atom stereocenters. The number of hydrogen-bond acceptors (Lipinski definition) is 9. The Morgan fingerprint density at radius 1 is 0.463 bits per heavy atom. The molecule has 0 saturated heterocycles. The van der Waals surface area contributed by atoms with Gasteiger partial charge >= 0.3 is 0 Å². The van der Waals surface area contributed by atoms with Crippen LogP contribution in [0.1, 0.15) is 134 Å². The second kappa shape index (κ2) is 23.3. The first kappa shape index (κ1) is 53.8. The number of amides is 6. The van der Waals surface area contributed by atoms with Crippen molar-refractivity contribution in [1.82, 2.24) is 31.3 Å². The summed E-state index contributed by atoms with van der Waals surface area (Å²) in [6.45, 7) is 20.7. The van der Waals surface area contributed by atoms with Crippen LogP contribution in [0.2, 0.25) is 8.67 Å². The third-order valence-electron chi connectivity index (χ3n) is 9.28. The van der Waals surface area contributed by atoms with E-state index in [1.54, 1.807) is 60.7 Å². The lowest BCUT2D eigenvalue weighted by molar-refractivity contribution is 0.0358. The zero-order chi connectivity index (χ0) is 49.9. The topological polar surface area (TPSA) is 148 Å². The number of nitrogens with zero attached hydrogens (tertiary/aromatic N) is 3. The average Bonchev–Trinajstić information content (AvgIpc) is 4.07. The number of aryl methyl sites for hydroxylation is 2. The van der Waals surface area contributed by atoms with Gasteiger partial charge in [0.1, 0.15) is 4.34 Å². The molecule has 0 aliphatic carbocycles. The molecule has 6 aromatic rings. The lowest BCUT2D eigenvalue weighted by atomic mass is 10.1. The van der Waals surface area contributed by atoms with Gasteiger partial charge in [0.2, 0.25) is 0 Å². The van der Waals surface area contributed by atoms with Gasteiger partial charge in [0.15, 0.2) is 0 Å². The molecule has 0 unspecified atom stereocenters. The minimum Gasteiger partial charge on any atom is -0.267 e. The molecule has 0 fully saturated rings. The van der Waals surface area contributed by atoms with E-state index in [0.717, 1.165) is 22.5 Å². The largest absolute Gasteiger partial charge is 0.282 e. The summed E-state index contributed by atoms with van der Waals surface area (Å²) in [5, 5.41) is 7.73. The minimum absolute atomic E-state index is 0.206. The molecule has 6 rings (SSSR count). The van der Waals surface area contributed by atoms with E-state index >= 15 is 0 Å². The summed E-state index contributed by atoms with van der Waals surface area (Å²) in [5.41, 5.74) is 10.3. The summed E-state index contributed by atoms with van der Waals surface area (Å²) in [4.78, 5) is 76.3. The van der Waals surface area contributed by atoms with E-state index in [0.29, 0.717) is 35.1 Å². The van der Waals surface area contributed by atoms with Crippen molar-refractivity contribution in [3.05, 3.63) is 172 Å². The molecule has 0 bridgehead atoms. The van der Waals surface area contributed by atoms with Crippen LogP contribution in [0.15, 0.2) is 120 Å². The quantitative estimate of drug-likeness (QED) is 0.142. The molecule has 6 amide bonds. The van der Waals surface area contributed by atoms with E-state index in [4.69, 9.17) is 23.2 Å². The van der Waals surface area contributed by atoms with Crippen molar-refractivity contribution < 1.29 is 28.8 Å². The zero-order valence-electron chi connectivity index (χ0n) is 39.3. The molecule has 0 radical (unpaired) electrons. The molecule has 17 heteroatoms. The van der Waals surface area contributed by atoms with Gasteiger partial charge in [-0.1, -0.05) is 88.9 Å². The lowest BCUT2D eigenvalue weighted by Gasteiger charge is -2.35. The Kier molecular flexibility index (Phi) is 18.7. The monoisotopic (exact) mass is 1000 g/mol. The standard InChI is InChI=1S/C17H18Cl2N2O2S.C17H20N2O2S.C16H18N2O2S/c1-10-5-7-11(8-6-10)15(22)20-21(17(2,3)4)16(23)12-9-13(18)24-14(12)19;1-12-7-9-13(10-8-12)15(20)18-19(17(2,3)4)16(21)14-6-5-11-22-14;1-16(2,3)18(15(20)13-10-7-11-21-13)17-14(19)12-8-5-4-6-9-12/h5-9H,1-4H3,(H,20,22);5-11H,1-4H3,(H,18,20);4-11H,1-3H3,(H,17,19). The molecule has 354 valence electrons. The van der Waals surface area contributed by atoms with Gasteiger partial charge in [0.05, 0.1) is 36.3 Å². The molecule has 0 aliphatic rings. The predicted molar refractivity (Wildman–Crippen MR) is 272 cm³/mol. The molecular weight excluding hydrogens is 948 g/mol. The van der Waals surface area contributed by atoms with Crippen LogP contribution in [0.3, 0.4) is 0 Å². The van der Waals surface area contributed by atoms with Gasteiger partial charge in [-0.15, -0.1) is 34.0 Å². The van der Waals surface area contributed by atoms with Gasteiger partial charge in [0.25, 0.3) is 35.4 Å². The number of hydrogen-bond donors (Lipinski definition) is 3. The van der Waals surface area contributed by atoms with Crippen molar-refractivity contribution >= 4 is 92.7 Å². The fraction of sp³-hybridized carbons (Fsp3) is 0.280. The fourth-order valence-corrected chi connectivity index (χ4v) is 8.45. The van der Waals surface area contributed by atoms with E-state index in [2.05, 4.69) is 16.3 Å². The van der Waals surface area contributed by atoms with Crippen molar-refractivity contribution in [2.75, 3.05) is 0 Å². The Morgan fingerprint density at radius 2 is 0.806 bits per heavy atom. The van der Waals surface area contributed by atoms with Crippen LogP contribution in [-0.2, 0) is 0 Å². The highest BCUT2D eigenvalue weighted by atomic mass is 35.5. The average molecular weight is 1000 g/mol. The Balaban J connectivity index is 0.000000220. The molecule has 0 aliphatic heterocycles. The van der Waals surface area contributed by atoms with Crippen LogP contribution in [-0.4, -0.2) is 67.1 Å². The van der Waals surface area contributed by atoms with Gasteiger partial charge in [-0.05, 0) is 142 Å². The van der Waals surface area contributed by atoms with E-state index in [9.17, 15) is 28.8 Å². The van der Waals surface area contributed by atoms with E-state index in [-0.39, 0.29) is 35.1 Å². The molecule has 3 heterocycles. The Bertz CT molecular complexity index is 2620. The Hall–Kier alpha value is -5.84. The van der Waals surface area contributed by atoms with Gasteiger partial charge in [-0.3, -0.25) is 45.0 Å². The van der Waals surface area contributed by atoms with Crippen LogP contribution >= 0.6 is 57.2 Å². The third kappa shape index (κ3) is 15.6. The number of carbonyl (C=O) groups is 6. The summed E-state index contributed by atoms with van der Waals surface area (Å²) in [6.07, 6.45) is 0. The summed E-state index contributed by atoms with van der Waals surface area (Å²) < 4.78 is 0.714. The van der Waals surface area contributed by atoms with Crippen LogP contribution in [0, 0.1) is 13.8 Å². The number of thiophene rings is 3. The molecule has 3 aromatic carbocycles. The second-order valence-electron chi connectivity index (χ2n) is 18.0. The van der Waals surface area contributed by atoms with Crippen LogP contribution in [0.5, 0.6) is 0 Å². The van der Waals surface area contributed by atoms with Crippen molar-refractivity contribution in [1.29, 1.82) is 0 Å². The highest BCUT2D eigenvalue weighted by Gasteiger charge is 2.33. The maximum absolute atomic E-state index is 12.8. The second-order valence-corrected chi connectivity index (χ2v) is 22.2. The van der Waals surface area contributed by atoms with Crippen molar-refractivity contribution in [3.8, 4) is 0 Å². The number of carbonyl (C=O) groups excluding carboxylic acids is 6. The fourth-order valence-electron chi connectivity index (χ4n) is 5.69. The molecule has 0 saturated carbocycles. The van der Waals surface area contributed by atoms with Gasteiger partial charge in [-0.2, -0.15) is 0 Å². The summed E-state index contributed by atoms with van der Waals surface area (Å²) in [7, 11) is 0. The molecule has 0 spiro atoms. The van der Waals surface area contributed by atoms with E-state index in [1.807, 2.05) is 129 Å². The maximum Gasteiger partial charge on any atom is 0.282 e. The number of hydrazine groups is 3. The molecule has 3 aromatic heterocycles. The maximum atomic E-state index is 12.8. The van der Waals surface area contributed by atoms with Gasteiger partial charge in [-0.25, -0.2) is 15.0 Å². The van der Waals surface area contributed by atoms with Crippen LogP contribution in [0.25, 0.3) is 0 Å². The van der Waals surface area contributed by atoms with Crippen molar-refractivity contribution in [2.45, 2.75) is 92.8 Å². The molecular formula is C50H56Cl2N6O6S3. The summed E-state index contributed by atoms with van der Waals surface area (Å²) in [6, 6.07) is 31.9. The van der Waals surface area contributed by atoms with Crippen molar-refractivity contribution in [3.63, 3.8) is 0 Å². The number of benzene rings is 3. The zero-order valence-corrected chi connectivity index (χ0v) is 43.3. The minimum atomic E-state index is -0.644. The highest BCUT2D eigenvalue weighted by molar-refractivity contribution is 7.20. The Morgan fingerprint density at radius 3 is 1.10 bits per heavy atom. The smallest absolute Gasteiger partial charge is 0.267 e. The van der Waals surface area contributed by atoms with Crippen LogP contribution in [0.4, 0.5) is 0 Å². The normalized spacial score (nSPS) is 11.1. The van der Waals surface area contributed by atoms with Gasteiger partial charge < -0.3 is 0 Å². The molecule has 12 nitrogen and oxygen atoms in total. The van der Waals surface area contributed by atoms with E-state index < -0.39 is 22.5 Å². The number of halogens is 2. The first-order valence-electron chi connectivity index (χ1n) is 20.9. The first-order chi connectivity index (χ1) is 31.3. The van der Waals surface area contributed by atoms with Crippen LogP contribution < -0.4 is 16.3 Å². The predicted octanol–water partition coefficient (Wildman–Crippen LogP) is 11.9. The first-order valence-corrected chi connectivity index (χ1v) is 24.3. The third-order valence-corrected chi connectivity index (χ3v) is 12.5. The number of nitrogens with one attached hydrogen (secondary N) is 3. The summed E-state index contributed by atoms with van der Waals surface area (Å²) in [5.74, 6) is -1.77. The lowest BCUT2D eigenvalue weighted by Crippen LogP contribution is -2.55. The van der Waals surface area contributed by atoms with E-state index in [1.165, 1.54) is 43.8 Å². The van der Waals surface area contributed by atoms with Gasteiger partial charge in [0, 0.05) is 16.7 Å². The Labute approximate surface area is 414 Å². The highest BCUT2D eigenvalue weighted by Crippen LogP contribution is 2.33. The molecule has 67 heavy (non-hydrogen) atoms. The summed E-state index contributed by atoms with van der Waals surface area (Å²) >= 11 is 15.8.